The lowest BCUT2D eigenvalue weighted by molar-refractivity contribution is 1.04. The van der Waals surface area contributed by atoms with Gasteiger partial charge in [-0.05, 0) is 89.2 Å². The Balaban J connectivity index is 2.40. The summed E-state index contributed by atoms with van der Waals surface area (Å²) >= 11 is 2.41. The third-order valence-corrected chi connectivity index (χ3v) is 4.03. The van der Waals surface area contributed by atoms with Crippen molar-refractivity contribution in [3.05, 3.63) is 69.4 Å². The lowest BCUT2D eigenvalue weighted by Gasteiger charge is -2.11. The minimum atomic E-state index is 1.07. The first kappa shape index (κ1) is 15.3. The van der Waals surface area contributed by atoms with Crippen LogP contribution in [-0.2, 0) is 0 Å². The van der Waals surface area contributed by atoms with Gasteiger partial charge in [-0.25, -0.2) is 0 Å². The average Bonchev–Trinajstić information content (AvgIpc) is 2.48. The van der Waals surface area contributed by atoms with E-state index in [1.807, 2.05) is 0 Å². The summed E-state index contributed by atoms with van der Waals surface area (Å²) in [6, 6.07) is 6.83. The standard InChI is InChI=1S/C19H21I/c1-3-5-9-15(4-2)17-12-18(14-19(20)13-17)16-10-7-6-8-11-16/h4-5,7,9-14H,3,6,8H2,1-2H3/b9-5-,15-4+. The van der Waals surface area contributed by atoms with Crippen LogP contribution in [0.2, 0.25) is 0 Å². The van der Waals surface area contributed by atoms with Gasteiger partial charge in [0.15, 0.2) is 0 Å². The Morgan fingerprint density at radius 3 is 2.75 bits per heavy atom. The van der Waals surface area contributed by atoms with Gasteiger partial charge in [-0.3, -0.25) is 0 Å². The second kappa shape index (κ2) is 7.63. The van der Waals surface area contributed by atoms with Gasteiger partial charge in [0.2, 0.25) is 0 Å². The summed E-state index contributed by atoms with van der Waals surface area (Å²) in [5.74, 6) is 0. The molecule has 0 unspecified atom stereocenters. The highest BCUT2D eigenvalue weighted by atomic mass is 127. The smallest absolute Gasteiger partial charge is 0.0142 e. The number of rotatable bonds is 4. The molecule has 0 saturated heterocycles. The lowest BCUT2D eigenvalue weighted by Crippen LogP contribution is -1.91. The van der Waals surface area contributed by atoms with E-state index in [1.54, 1.807) is 0 Å². The molecule has 1 aliphatic carbocycles. The number of allylic oxidation sites excluding steroid dienone is 8. The third kappa shape index (κ3) is 3.95. The molecule has 0 radical (unpaired) electrons. The van der Waals surface area contributed by atoms with Crippen molar-refractivity contribution >= 4 is 33.7 Å². The first-order valence-corrected chi connectivity index (χ1v) is 8.33. The second-order valence-electron chi connectivity index (χ2n) is 4.92. The predicted molar refractivity (Wildman–Crippen MR) is 98.6 cm³/mol. The van der Waals surface area contributed by atoms with E-state index in [0.717, 1.165) is 12.8 Å². The molecule has 0 N–H and O–H groups in total. The van der Waals surface area contributed by atoms with Gasteiger partial charge in [-0.2, -0.15) is 0 Å². The van der Waals surface area contributed by atoms with E-state index in [-0.39, 0.29) is 0 Å². The van der Waals surface area contributed by atoms with E-state index < -0.39 is 0 Å². The minimum Gasteiger partial charge on any atom is -0.0842 e. The zero-order chi connectivity index (χ0) is 14.4. The Morgan fingerprint density at radius 1 is 1.25 bits per heavy atom. The van der Waals surface area contributed by atoms with E-state index in [2.05, 4.69) is 91.1 Å². The molecule has 1 aromatic rings. The molecule has 20 heavy (non-hydrogen) atoms. The van der Waals surface area contributed by atoms with Crippen molar-refractivity contribution in [2.75, 3.05) is 0 Å². The zero-order valence-corrected chi connectivity index (χ0v) is 14.4. The molecule has 1 aromatic carbocycles. The van der Waals surface area contributed by atoms with Gasteiger partial charge >= 0.3 is 0 Å². The molecule has 0 atom stereocenters. The van der Waals surface area contributed by atoms with Crippen LogP contribution in [0.15, 0.2) is 54.7 Å². The SMILES string of the molecule is C/C=C(\C=C/CC)c1cc(I)cc(C2=CCCC=C2)c1. The molecule has 0 spiro atoms. The van der Waals surface area contributed by atoms with Gasteiger partial charge in [0.1, 0.15) is 0 Å². The van der Waals surface area contributed by atoms with Crippen LogP contribution in [0.3, 0.4) is 0 Å². The van der Waals surface area contributed by atoms with Crippen LogP contribution < -0.4 is 0 Å². The molecule has 0 aliphatic heterocycles. The zero-order valence-electron chi connectivity index (χ0n) is 12.2. The van der Waals surface area contributed by atoms with Crippen LogP contribution in [0, 0.1) is 3.57 Å². The van der Waals surface area contributed by atoms with Gasteiger partial charge in [0.05, 0.1) is 0 Å². The predicted octanol–water partition coefficient (Wildman–Crippen LogP) is 6.39. The van der Waals surface area contributed by atoms with E-state index in [9.17, 15) is 0 Å². The van der Waals surface area contributed by atoms with Crippen LogP contribution in [0.4, 0.5) is 0 Å². The fraction of sp³-hybridized carbons (Fsp3) is 0.263. The van der Waals surface area contributed by atoms with Crippen molar-refractivity contribution in [3.63, 3.8) is 0 Å². The highest BCUT2D eigenvalue weighted by Crippen LogP contribution is 2.27. The molecule has 1 aliphatic rings. The molecule has 104 valence electrons. The van der Waals surface area contributed by atoms with Gasteiger partial charge in [0, 0.05) is 3.57 Å². The molecule has 0 fully saturated rings. The first-order chi connectivity index (χ1) is 9.74. The van der Waals surface area contributed by atoms with Crippen LogP contribution in [0.1, 0.15) is 44.2 Å². The molecule has 0 saturated carbocycles. The van der Waals surface area contributed by atoms with Gasteiger partial charge in [-0.1, -0.05) is 43.4 Å². The topological polar surface area (TPSA) is 0 Å². The maximum Gasteiger partial charge on any atom is 0.0142 e. The van der Waals surface area contributed by atoms with Crippen LogP contribution in [0.5, 0.6) is 0 Å². The molecule has 0 bridgehead atoms. The first-order valence-electron chi connectivity index (χ1n) is 7.25. The summed E-state index contributed by atoms with van der Waals surface area (Å²) in [7, 11) is 0. The van der Waals surface area contributed by atoms with Crippen LogP contribution in [-0.4, -0.2) is 0 Å². The number of hydrogen-bond donors (Lipinski definition) is 0. The quantitative estimate of drug-likeness (QED) is 0.422. The van der Waals surface area contributed by atoms with Gasteiger partial charge < -0.3 is 0 Å². The Hall–Kier alpha value is -1.09. The Kier molecular flexibility index (Phi) is 5.84. The van der Waals surface area contributed by atoms with E-state index in [4.69, 9.17) is 0 Å². The second-order valence-corrected chi connectivity index (χ2v) is 6.17. The molecular weight excluding hydrogens is 355 g/mol. The average molecular weight is 376 g/mol. The maximum atomic E-state index is 2.41. The molecule has 1 heteroatoms. The molecule has 0 amide bonds. The molecule has 0 nitrogen and oxygen atoms in total. The molecule has 2 rings (SSSR count). The highest BCUT2D eigenvalue weighted by Gasteiger charge is 2.06. The van der Waals surface area contributed by atoms with E-state index >= 15 is 0 Å². The van der Waals surface area contributed by atoms with Crippen LogP contribution >= 0.6 is 22.6 Å². The van der Waals surface area contributed by atoms with Gasteiger partial charge in [-0.15, -0.1) is 0 Å². The monoisotopic (exact) mass is 376 g/mol. The van der Waals surface area contributed by atoms with Crippen molar-refractivity contribution < 1.29 is 0 Å². The van der Waals surface area contributed by atoms with Crippen molar-refractivity contribution in [2.45, 2.75) is 33.1 Å². The summed E-state index contributed by atoms with van der Waals surface area (Å²) in [5.41, 5.74) is 5.28. The van der Waals surface area contributed by atoms with Crippen molar-refractivity contribution in [2.24, 2.45) is 0 Å². The molecule has 0 aromatic heterocycles. The highest BCUT2D eigenvalue weighted by molar-refractivity contribution is 14.1. The normalized spacial score (nSPS) is 15.8. The van der Waals surface area contributed by atoms with Gasteiger partial charge in [0.25, 0.3) is 0 Å². The van der Waals surface area contributed by atoms with Crippen molar-refractivity contribution in [1.82, 2.24) is 0 Å². The Morgan fingerprint density at radius 2 is 2.10 bits per heavy atom. The fourth-order valence-corrected chi connectivity index (χ4v) is 3.03. The number of hydrogen-bond acceptors (Lipinski definition) is 0. The third-order valence-electron chi connectivity index (χ3n) is 3.40. The molecule has 0 heterocycles. The summed E-state index contributed by atoms with van der Waals surface area (Å²) in [6.45, 7) is 4.27. The lowest BCUT2D eigenvalue weighted by atomic mass is 9.95. The van der Waals surface area contributed by atoms with Crippen molar-refractivity contribution in [1.29, 1.82) is 0 Å². The number of halogens is 1. The van der Waals surface area contributed by atoms with Crippen molar-refractivity contribution in [3.8, 4) is 0 Å². The summed E-state index contributed by atoms with van der Waals surface area (Å²) < 4.78 is 1.29. The van der Waals surface area contributed by atoms with E-state index in [1.165, 1.54) is 32.3 Å². The maximum absolute atomic E-state index is 2.41. The summed E-state index contributed by atoms with van der Waals surface area (Å²) in [6.07, 6.45) is 16.9. The number of benzene rings is 1. The minimum absolute atomic E-state index is 1.07. The van der Waals surface area contributed by atoms with E-state index in [0.29, 0.717) is 0 Å². The largest absolute Gasteiger partial charge is 0.0842 e. The summed E-state index contributed by atoms with van der Waals surface area (Å²) in [5, 5.41) is 0. The van der Waals surface area contributed by atoms with Crippen LogP contribution in [0.25, 0.3) is 11.1 Å². The Labute approximate surface area is 136 Å². The fourth-order valence-electron chi connectivity index (χ4n) is 2.35. The summed E-state index contributed by atoms with van der Waals surface area (Å²) in [4.78, 5) is 0. The Bertz CT molecular complexity index is 586. The molecular formula is C19H21I.